The van der Waals surface area contributed by atoms with Crippen molar-refractivity contribution in [3.63, 3.8) is 0 Å². The first-order chi connectivity index (χ1) is 8.65. The molecule has 0 N–H and O–H groups in total. The fourth-order valence-electron chi connectivity index (χ4n) is 1.76. The van der Waals surface area contributed by atoms with Crippen molar-refractivity contribution in [1.29, 1.82) is 0 Å². The molecule has 0 aliphatic rings. The van der Waals surface area contributed by atoms with Crippen LogP contribution in [0.3, 0.4) is 0 Å². The fraction of sp³-hybridized carbons (Fsp3) is 0.562. The molecule has 2 heteroatoms. The van der Waals surface area contributed by atoms with Crippen LogP contribution in [0.25, 0.3) is 0 Å². The van der Waals surface area contributed by atoms with Gasteiger partial charge in [0, 0.05) is 5.56 Å². The maximum atomic E-state index is 11.9. The van der Waals surface area contributed by atoms with Crippen LogP contribution in [0.4, 0.5) is 0 Å². The molecule has 1 nitrogen and oxygen atoms in total. The molecular formula is C16H24OS. The first-order valence-electron chi connectivity index (χ1n) is 6.86. The topological polar surface area (TPSA) is 17.1 Å². The summed E-state index contributed by atoms with van der Waals surface area (Å²) in [7, 11) is 0. The molecule has 1 aromatic rings. The molecule has 0 aliphatic heterocycles. The molecule has 100 valence electrons. The lowest BCUT2D eigenvalue weighted by Gasteiger charge is -2.06. The molecule has 0 aliphatic carbocycles. The van der Waals surface area contributed by atoms with Gasteiger partial charge in [-0.05, 0) is 23.7 Å². The number of rotatable bonds is 8. The van der Waals surface area contributed by atoms with Crippen molar-refractivity contribution in [3.05, 3.63) is 35.4 Å². The van der Waals surface area contributed by atoms with E-state index in [-0.39, 0.29) is 5.78 Å². The van der Waals surface area contributed by atoms with Crippen LogP contribution < -0.4 is 0 Å². The largest absolute Gasteiger partial charge is 0.293 e. The Labute approximate surface area is 115 Å². The van der Waals surface area contributed by atoms with Crippen LogP contribution in [0.2, 0.25) is 0 Å². The highest BCUT2D eigenvalue weighted by atomic mass is 32.2. The monoisotopic (exact) mass is 264 g/mol. The Morgan fingerprint density at radius 2 is 1.83 bits per heavy atom. The van der Waals surface area contributed by atoms with E-state index < -0.39 is 0 Å². The van der Waals surface area contributed by atoms with Crippen LogP contribution in [0.1, 0.15) is 61.9 Å². The van der Waals surface area contributed by atoms with E-state index in [4.69, 9.17) is 0 Å². The number of hydrogen-bond donors (Lipinski definition) is 0. The molecule has 0 fully saturated rings. The molecule has 0 unspecified atom stereocenters. The second-order valence-corrected chi connectivity index (χ2v) is 6.06. The second kappa shape index (κ2) is 8.36. The minimum absolute atomic E-state index is 0.256. The fourth-order valence-corrected chi connectivity index (χ4v) is 2.66. The predicted octanol–water partition coefficient (Wildman–Crippen LogP) is 4.92. The number of thioether (sulfide) groups is 1. The zero-order valence-corrected chi connectivity index (χ0v) is 12.6. The van der Waals surface area contributed by atoms with Gasteiger partial charge in [-0.2, -0.15) is 11.8 Å². The van der Waals surface area contributed by atoms with Gasteiger partial charge in [0.05, 0.1) is 5.75 Å². The van der Waals surface area contributed by atoms with Gasteiger partial charge in [-0.15, -0.1) is 0 Å². The Bertz CT molecular complexity index is 354. The highest BCUT2D eigenvalue weighted by Crippen LogP contribution is 2.16. The highest BCUT2D eigenvalue weighted by molar-refractivity contribution is 7.99. The molecule has 18 heavy (non-hydrogen) atoms. The average molecular weight is 264 g/mol. The number of carbonyl (C=O) groups is 1. The van der Waals surface area contributed by atoms with Gasteiger partial charge >= 0.3 is 0 Å². The van der Waals surface area contributed by atoms with E-state index in [0.717, 1.165) is 11.3 Å². The molecule has 1 aromatic carbocycles. The van der Waals surface area contributed by atoms with Gasteiger partial charge in [0.15, 0.2) is 5.78 Å². The molecule has 0 amide bonds. The number of hydrogen-bond acceptors (Lipinski definition) is 2. The van der Waals surface area contributed by atoms with Gasteiger partial charge < -0.3 is 0 Å². The molecule has 0 heterocycles. The first-order valence-corrected chi connectivity index (χ1v) is 8.01. The standard InChI is InChI=1S/C16H24OS/c1-4-5-6-11-18-12-16(17)15-9-7-14(8-10-15)13(2)3/h7-10,13H,4-6,11-12H2,1-3H3. The number of ketones is 1. The second-order valence-electron chi connectivity index (χ2n) is 4.96. The van der Waals surface area contributed by atoms with Gasteiger partial charge in [-0.3, -0.25) is 4.79 Å². The van der Waals surface area contributed by atoms with E-state index in [1.807, 2.05) is 12.1 Å². The van der Waals surface area contributed by atoms with Crippen LogP contribution in [0.15, 0.2) is 24.3 Å². The minimum atomic E-state index is 0.256. The van der Waals surface area contributed by atoms with Crippen LogP contribution >= 0.6 is 11.8 Å². The van der Waals surface area contributed by atoms with Crippen molar-refractivity contribution in [3.8, 4) is 0 Å². The van der Waals surface area contributed by atoms with Gasteiger partial charge in [0.2, 0.25) is 0 Å². The van der Waals surface area contributed by atoms with Crippen molar-refractivity contribution in [2.75, 3.05) is 11.5 Å². The lowest BCUT2D eigenvalue weighted by molar-refractivity contribution is 0.102. The van der Waals surface area contributed by atoms with Gasteiger partial charge in [0.25, 0.3) is 0 Å². The maximum absolute atomic E-state index is 11.9. The van der Waals surface area contributed by atoms with Crippen LogP contribution in [0.5, 0.6) is 0 Å². The summed E-state index contributed by atoms with van der Waals surface area (Å²) in [6, 6.07) is 8.06. The Hall–Kier alpha value is -0.760. The van der Waals surface area contributed by atoms with Crippen molar-refractivity contribution < 1.29 is 4.79 Å². The summed E-state index contributed by atoms with van der Waals surface area (Å²) in [5.41, 5.74) is 2.14. The number of Topliss-reactive ketones (excluding diaryl/α,β-unsaturated/α-hetero) is 1. The molecule has 0 atom stereocenters. The van der Waals surface area contributed by atoms with Crippen molar-refractivity contribution in [2.24, 2.45) is 0 Å². The summed E-state index contributed by atoms with van der Waals surface area (Å²) in [6.07, 6.45) is 3.73. The van der Waals surface area contributed by atoms with Crippen molar-refractivity contribution in [1.82, 2.24) is 0 Å². The highest BCUT2D eigenvalue weighted by Gasteiger charge is 2.06. The summed E-state index contributed by atoms with van der Waals surface area (Å²) < 4.78 is 0. The van der Waals surface area contributed by atoms with Crippen molar-refractivity contribution in [2.45, 2.75) is 46.0 Å². The molecule has 1 rings (SSSR count). The summed E-state index contributed by atoms with van der Waals surface area (Å²) >= 11 is 1.76. The predicted molar refractivity (Wildman–Crippen MR) is 81.7 cm³/mol. The van der Waals surface area contributed by atoms with E-state index in [2.05, 4.69) is 32.9 Å². The number of benzene rings is 1. The Morgan fingerprint density at radius 1 is 1.17 bits per heavy atom. The normalized spacial score (nSPS) is 10.9. The van der Waals surface area contributed by atoms with E-state index in [1.165, 1.54) is 24.8 Å². The third kappa shape index (κ3) is 5.26. The summed E-state index contributed by atoms with van der Waals surface area (Å²) in [5, 5.41) is 0. The van der Waals surface area contributed by atoms with Gasteiger partial charge in [0.1, 0.15) is 0 Å². The van der Waals surface area contributed by atoms with Crippen LogP contribution in [-0.4, -0.2) is 17.3 Å². The van der Waals surface area contributed by atoms with E-state index in [9.17, 15) is 4.79 Å². The summed E-state index contributed by atoms with van der Waals surface area (Å²) in [4.78, 5) is 11.9. The van der Waals surface area contributed by atoms with Crippen molar-refractivity contribution >= 4 is 17.5 Å². The molecule has 0 radical (unpaired) electrons. The van der Waals surface area contributed by atoms with E-state index in [1.54, 1.807) is 11.8 Å². The third-order valence-corrected chi connectivity index (χ3v) is 4.07. The van der Waals surface area contributed by atoms with Crippen LogP contribution in [0, 0.1) is 0 Å². The number of carbonyl (C=O) groups excluding carboxylic acids is 1. The van der Waals surface area contributed by atoms with Gasteiger partial charge in [-0.1, -0.05) is 57.9 Å². The Balaban J connectivity index is 2.37. The SMILES string of the molecule is CCCCCSCC(=O)c1ccc(C(C)C)cc1. The molecule has 0 spiro atoms. The zero-order chi connectivity index (χ0) is 13.4. The quantitative estimate of drug-likeness (QED) is 0.490. The maximum Gasteiger partial charge on any atom is 0.172 e. The molecule has 0 saturated carbocycles. The zero-order valence-electron chi connectivity index (χ0n) is 11.7. The van der Waals surface area contributed by atoms with E-state index in [0.29, 0.717) is 11.7 Å². The summed E-state index contributed by atoms with van der Waals surface area (Å²) in [5.74, 6) is 2.50. The van der Waals surface area contributed by atoms with E-state index >= 15 is 0 Å². The van der Waals surface area contributed by atoms with Gasteiger partial charge in [-0.25, -0.2) is 0 Å². The smallest absolute Gasteiger partial charge is 0.172 e. The first kappa shape index (κ1) is 15.3. The third-order valence-electron chi connectivity index (χ3n) is 3.02. The summed E-state index contributed by atoms with van der Waals surface area (Å²) in [6.45, 7) is 6.53. The Morgan fingerprint density at radius 3 is 2.39 bits per heavy atom. The molecule has 0 aromatic heterocycles. The number of unbranched alkanes of at least 4 members (excludes halogenated alkanes) is 2. The molecule has 0 bridgehead atoms. The molecule has 0 saturated heterocycles. The molecular weight excluding hydrogens is 240 g/mol. The average Bonchev–Trinajstić information content (AvgIpc) is 2.38. The van der Waals surface area contributed by atoms with Crippen LogP contribution in [-0.2, 0) is 0 Å². The lowest BCUT2D eigenvalue weighted by atomic mass is 10.0. The minimum Gasteiger partial charge on any atom is -0.293 e. The lowest BCUT2D eigenvalue weighted by Crippen LogP contribution is -2.03. The Kier molecular flexibility index (Phi) is 7.11.